The highest BCUT2D eigenvalue weighted by atomic mass is 15.4. The van der Waals surface area contributed by atoms with E-state index in [1.165, 1.54) is 74.0 Å². The summed E-state index contributed by atoms with van der Waals surface area (Å²) in [5.41, 5.74) is 7.50. The fourth-order valence-corrected chi connectivity index (χ4v) is 8.57. The molecule has 0 N–H and O–H groups in total. The van der Waals surface area contributed by atoms with Crippen molar-refractivity contribution in [1.29, 1.82) is 0 Å². The lowest BCUT2D eigenvalue weighted by atomic mass is 9.42. The van der Waals surface area contributed by atoms with Crippen molar-refractivity contribution in [2.45, 2.75) is 78.7 Å². The predicted molar refractivity (Wildman–Crippen MR) is 110 cm³/mol. The Hall–Kier alpha value is -1.02. The molecule has 1 aliphatic heterocycles. The lowest BCUT2D eigenvalue weighted by Gasteiger charge is -2.67. The highest BCUT2D eigenvalue weighted by Crippen LogP contribution is 2.67. The highest BCUT2D eigenvalue weighted by molar-refractivity contribution is 5.60. The van der Waals surface area contributed by atoms with E-state index in [0.717, 1.165) is 12.6 Å². The van der Waals surface area contributed by atoms with Crippen molar-refractivity contribution in [3.8, 4) is 0 Å². The lowest BCUT2D eigenvalue weighted by Crippen LogP contribution is -2.64. The summed E-state index contributed by atoms with van der Waals surface area (Å²) in [5, 5.41) is 0. The smallest absolute Gasteiger partial charge is 0.0713 e. The van der Waals surface area contributed by atoms with Crippen LogP contribution in [0.15, 0.2) is 12.1 Å². The van der Waals surface area contributed by atoms with Crippen LogP contribution in [0.2, 0.25) is 0 Å². The van der Waals surface area contributed by atoms with Crippen LogP contribution >= 0.6 is 0 Å². The number of aryl methyl sites for hydroxylation is 3. The van der Waals surface area contributed by atoms with Crippen LogP contribution in [-0.2, 0) is 0 Å². The third-order valence-electron chi connectivity index (χ3n) is 8.20. The van der Waals surface area contributed by atoms with Gasteiger partial charge in [0.2, 0.25) is 0 Å². The van der Waals surface area contributed by atoms with E-state index < -0.39 is 0 Å². The number of benzene rings is 1. The zero-order chi connectivity index (χ0) is 18.3. The molecule has 2 nitrogen and oxygen atoms in total. The van der Waals surface area contributed by atoms with Crippen molar-refractivity contribution in [3.63, 3.8) is 0 Å². The minimum atomic E-state index is 0.490. The summed E-state index contributed by atoms with van der Waals surface area (Å²) >= 11 is 0. The van der Waals surface area contributed by atoms with E-state index >= 15 is 0 Å². The maximum Gasteiger partial charge on any atom is 0.0713 e. The van der Waals surface area contributed by atoms with Crippen LogP contribution < -0.4 is 4.90 Å². The van der Waals surface area contributed by atoms with E-state index in [4.69, 9.17) is 0 Å². The van der Waals surface area contributed by atoms with Crippen LogP contribution in [-0.4, -0.2) is 30.2 Å². The molecule has 2 atom stereocenters. The van der Waals surface area contributed by atoms with Crippen molar-refractivity contribution >= 4 is 5.69 Å². The van der Waals surface area contributed by atoms with Crippen LogP contribution in [0, 0.1) is 37.5 Å². The molecule has 2 unspecified atom stereocenters. The van der Waals surface area contributed by atoms with Crippen molar-refractivity contribution in [1.82, 2.24) is 4.90 Å². The van der Waals surface area contributed by atoms with E-state index in [-0.39, 0.29) is 0 Å². The molecule has 1 aromatic rings. The van der Waals surface area contributed by atoms with Crippen molar-refractivity contribution in [3.05, 3.63) is 28.8 Å². The molecule has 5 fully saturated rings. The summed E-state index contributed by atoms with van der Waals surface area (Å²) in [6, 6.07) is 4.72. The molecule has 0 aromatic heterocycles. The van der Waals surface area contributed by atoms with Gasteiger partial charge in [-0.1, -0.05) is 31.5 Å². The molecule has 5 aliphatic rings. The maximum absolute atomic E-state index is 2.91. The van der Waals surface area contributed by atoms with Gasteiger partial charge in [0.15, 0.2) is 0 Å². The Kier molecular flexibility index (Phi) is 3.47. The fourth-order valence-electron chi connectivity index (χ4n) is 8.57. The van der Waals surface area contributed by atoms with Crippen LogP contribution in [0.4, 0.5) is 5.69 Å². The van der Waals surface area contributed by atoms with Gasteiger partial charge in [-0.25, -0.2) is 0 Å². The normalized spacial score (nSPS) is 42.0. The van der Waals surface area contributed by atoms with Crippen LogP contribution in [0.25, 0.3) is 0 Å². The minimum absolute atomic E-state index is 0.490. The number of nitrogens with zero attached hydrogens (tertiary/aromatic N) is 2. The van der Waals surface area contributed by atoms with Crippen molar-refractivity contribution in [2.24, 2.45) is 16.7 Å². The molecular formula is C24H36N2. The first kappa shape index (κ1) is 17.1. The largest absolute Gasteiger partial charge is 0.357 e. The molecule has 0 amide bonds. The Bertz CT molecular complexity index is 710. The van der Waals surface area contributed by atoms with Crippen LogP contribution in [0.1, 0.15) is 69.1 Å². The van der Waals surface area contributed by atoms with E-state index in [0.29, 0.717) is 16.4 Å². The Morgan fingerprint density at radius 3 is 2.04 bits per heavy atom. The van der Waals surface area contributed by atoms with Gasteiger partial charge in [-0.15, -0.1) is 0 Å². The van der Waals surface area contributed by atoms with E-state index in [2.05, 4.69) is 56.6 Å². The molecule has 26 heavy (non-hydrogen) atoms. The summed E-state index contributed by atoms with van der Waals surface area (Å²) in [5.74, 6) is 0.984. The predicted octanol–water partition coefficient (Wildman–Crippen LogP) is 5.44. The average molecular weight is 353 g/mol. The van der Waals surface area contributed by atoms with Gasteiger partial charge in [-0.2, -0.15) is 0 Å². The fraction of sp³-hybridized carbons (Fsp3) is 0.750. The molecule has 0 spiro atoms. The third kappa shape index (κ3) is 2.47. The Balaban J connectivity index is 1.43. The number of rotatable bonds is 2. The first-order valence-electron chi connectivity index (χ1n) is 10.8. The summed E-state index contributed by atoms with van der Waals surface area (Å²) in [6.45, 7) is 15.6. The second-order valence-electron chi connectivity index (χ2n) is 11.3. The number of anilines is 1. The zero-order valence-electron chi connectivity index (χ0n) is 17.5. The average Bonchev–Trinajstić information content (AvgIpc) is 2.92. The molecule has 142 valence electrons. The van der Waals surface area contributed by atoms with Gasteiger partial charge < -0.3 is 4.90 Å². The molecule has 4 saturated carbocycles. The van der Waals surface area contributed by atoms with Crippen LogP contribution in [0.3, 0.4) is 0 Å². The molecule has 4 aliphatic carbocycles. The van der Waals surface area contributed by atoms with E-state index in [9.17, 15) is 0 Å². The van der Waals surface area contributed by atoms with E-state index in [1.807, 2.05) is 0 Å². The van der Waals surface area contributed by atoms with Gasteiger partial charge in [0, 0.05) is 24.3 Å². The molecular weight excluding hydrogens is 316 g/mol. The quantitative estimate of drug-likeness (QED) is 0.699. The standard InChI is InChI=1S/C24H36N2/c1-17-8-18(2)21(19(3)9-17)25-6-7-26(16-25)24-12-20-10-22(4,14-24)13-23(5,11-20)15-24/h8-9,20H,6-7,10-16H2,1-5H3. The summed E-state index contributed by atoms with van der Waals surface area (Å²) in [6.07, 6.45) is 8.84. The number of hydrogen-bond acceptors (Lipinski definition) is 2. The van der Waals surface area contributed by atoms with Crippen molar-refractivity contribution < 1.29 is 0 Å². The molecule has 6 rings (SSSR count). The number of hydrogen-bond donors (Lipinski definition) is 0. The second kappa shape index (κ2) is 5.28. The van der Waals surface area contributed by atoms with E-state index in [1.54, 1.807) is 0 Å². The highest BCUT2D eigenvalue weighted by Gasteiger charge is 2.62. The molecule has 1 saturated heterocycles. The monoisotopic (exact) mass is 352 g/mol. The van der Waals surface area contributed by atoms with Gasteiger partial charge in [0.1, 0.15) is 0 Å². The van der Waals surface area contributed by atoms with Gasteiger partial charge in [0.25, 0.3) is 0 Å². The maximum atomic E-state index is 2.91. The Morgan fingerprint density at radius 1 is 0.846 bits per heavy atom. The third-order valence-corrected chi connectivity index (χ3v) is 8.20. The lowest BCUT2D eigenvalue weighted by molar-refractivity contribution is -0.156. The van der Waals surface area contributed by atoms with Gasteiger partial charge in [0.05, 0.1) is 6.67 Å². The second-order valence-corrected chi connectivity index (χ2v) is 11.3. The summed E-state index contributed by atoms with van der Waals surface area (Å²) in [4.78, 5) is 5.58. The first-order valence-corrected chi connectivity index (χ1v) is 10.8. The molecule has 0 radical (unpaired) electrons. The van der Waals surface area contributed by atoms with Gasteiger partial charge >= 0.3 is 0 Å². The topological polar surface area (TPSA) is 6.48 Å². The zero-order valence-corrected chi connectivity index (χ0v) is 17.5. The van der Waals surface area contributed by atoms with Gasteiger partial charge in [-0.3, -0.25) is 4.90 Å². The molecule has 2 heteroatoms. The van der Waals surface area contributed by atoms with Gasteiger partial charge in [-0.05, 0) is 87.2 Å². The Morgan fingerprint density at radius 2 is 1.46 bits per heavy atom. The molecule has 1 aromatic carbocycles. The minimum Gasteiger partial charge on any atom is -0.357 e. The SMILES string of the molecule is Cc1cc(C)c(N2CCN(C34CC5CC(C)(CC(C)(C5)C3)C4)C2)c(C)c1. The Labute approximate surface area is 159 Å². The molecule has 4 bridgehead atoms. The van der Waals surface area contributed by atoms with Crippen molar-refractivity contribution in [2.75, 3.05) is 24.7 Å². The summed E-state index contributed by atoms with van der Waals surface area (Å²) < 4.78 is 0. The molecule has 1 heterocycles. The first-order chi connectivity index (χ1) is 12.2. The van der Waals surface area contributed by atoms with Crippen LogP contribution in [0.5, 0.6) is 0 Å². The summed E-state index contributed by atoms with van der Waals surface area (Å²) in [7, 11) is 0.